The minimum atomic E-state index is -0.783. The number of aliphatic hydroxyl groups excluding tert-OH is 1. The molecule has 2 aromatic carbocycles. The van der Waals surface area contributed by atoms with Crippen LogP contribution >= 0.6 is 0 Å². The zero-order valence-electron chi connectivity index (χ0n) is 17.6. The van der Waals surface area contributed by atoms with Crippen LogP contribution in [-0.4, -0.2) is 28.5 Å². The van der Waals surface area contributed by atoms with Crippen molar-refractivity contribution in [3.8, 4) is 17.2 Å². The highest BCUT2D eigenvalue weighted by atomic mass is 16.5. The van der Waals surface area contributed by atoms with Crippen LogP contribution in [0.15, 0.2) is 54.1 Å². The minimum Gasteiger partial charge on any atom is -0.508 e. The van der Waals surface area contributed by atoms with Crippen molar-refractivity contribution < 1.29 is 20.1 Å². The molecule has 29 heavy (non-hydrogen) atoms. The van der Waals surface area contributed by atoms with Gasteiger partial charge in [-0.3, -0.25) is 0 Å². The molecule has 0 heterocycles. The molecule has 2 rings (SSSR count). The fourth-order valence-electron chi connectivity index (χ4n) is 2.96. The summed E-state index contributed by atoms with van der Waals surface area (Å²) in [4.78, 5) is 0. The molecule has 0 aliphatic heterocycles. The van der Waals surface area contributed by atoms with Gasteiger partial charge in [0, 0.05) is 23.6 Å². The molecule has 0 spiro atoms. The fraction of sp³-hybridized carbons (Fsp3) is 0.280. The maximum Gasteiger partial charge on any atom is 0.123 e. The third-order valence-corrected chi connectivity index (χ3v) is 4.78. The Morgan fingerprint density at radius 3 is 2.21 bits per heavy atom. The quantitative estimate of drug-likeness (QED) is 0.422. The molecule has 4 nitrogen and oxygen atoms in total. The number of aromatic hydroxyl groups is 2. The molecule has 1 unspecified atom stereocenters. The number of hydrogen-bond acceptors (Lipinski definition) is 4. The number of rotatable bonds is 8. The van der Waals surface area contributed by atoms with E-state index in [1.54, 1.807) is 14.0 Å². The van der Waals surface area contributed by atoms with E-state index in [9.17, 15) is 15.3 Å². The van der Waals surface area contributed by atoms with Crippen molar-refractivity contribution in [2.75, 3.05) is 7.11 Å². The highest BCUT2D eigenvalue weighted by Gasteiger charge is 2.18. The number of benzene rings is 2. The molecule has 0 amide bonds. The number of allylic oxidation sites excluding steroid dienone is 2. The Morgan fingerprint density at radius 1 is 1.03 bits per heavy atom. The van der Waals surface area contributed by atoms with Crippen LogP contribution in [0, 0.1) is 0 Å². The van der Waals surface area contributed by atoms with Gasteiger partial charge in [-0.15, -0.1) is 0 Å². The molecule has 3 N–H and O–H groups in total. The monoisotopic (exact) mass is 394 g/mol. The average Bonchev–Trinajstić information content (AvgIpc) is 2.67. The summed E-state index contributed by atoms with van der Waals surface area (Å²) in [5, 5.41) is 31.3. The van der Waals surface area contributed by atoms with Gasteiger partial charge in [-0.05, 0) is 50.5 Å². The molecule has 1 atom stereocenters. The van der Waals surface area contributed by atoms with Gasteiger partial charge >= 0.3 is 0 Å². The standard InChI is InChI=1S/C25H30O4/c1-16(2)6-12-21-20(13-9-18-7-10-19(29-5)11-8-18)22(14-23(26)17(3)4)25(28)15-24(21)27/h6-11,13,15,23,26-28H,3,12,14H2,1-2,4-5H3/b13-9+. The normalized spacial score (nSPS) is 12.0. The predicted molar refractivity (Wildman–Crippen MR) is 119 cm³/mol. The third-order valence-electron chi connectivity index (χ3n) is 4.78. The first-order chi connectivity index (χ1) is 13.7. The van der Waals surface area contributed by atoms with E-state index in [1.165, 1.54) is 6.07 Å². The van der Waals surface area contributed by atoms with Gasteiger partial charge < -0.3 is 20.1 Å². The number of phenolic OH excluding ortho intramolecular Hbond substituents is 2. The molecule has 0 radical (unpaired) electrons. The Kier molecular flexibility index (Phi) is 7.68. The van der Waals surface area contributed by atoms with Crippen molar-refractivity contribution >= 4 is 12.2 Å². The van der Waals surface area contributed by atoms with Gasteiger partial charge in [0.25, 0.3) is 0 Å². The van der Waals surface area contributed by atoms with E-state index in [-0.39, 0.29) is 17.9 Å². The maximum absolute atomic E-state index is 10.5. The van der Waals surface area contributed by atoms with E-state index < -0.39 is 6.10 Å². The number of ether oxygens (including phenoxy) is 1. The second kappa shape index (κ2) is 9.99. The van der Waals surface area contributed by atoms with Crippen LogP contribution in [0.25, 0.3) is 12.2 Å². The fourth-order valence-corrected chi connectivity index (χ4v) is 2.96. The molecule has 0 aliphatic carbocycles. The van der Waals surface area contributed by atoms with E-state index in [4.69, 9.17) is 4.74 Å². The van der Waals surface area contributed by atoms with Gasteiger partial charge in [-0.1, -0.05) is 48.1 Å². The van der Waals surface area contributed by atoms with Crippen LogP contribution in [0.4, 0.5) is 0 Å². The topological polar surface area (TPSA) is 69.9 Å². The maximum atomic E-state index is 10.5. The molecule has 154 valence electrons. The van der Waals surface area contributed by atoms with E-state index in [2.05, 4.69) is 6.58 Å². The molecule has 0 aromatic heterocycles. The van der Waals surface area contributed by atoms with Crippen molar-refractivity contribution in [3.63, 3.8) is 0 Å². The highest BCUT2D eigenvalue weighted by Crippen LogP contribution is 2.36. The van der Waals surface area contributed by atoms with Crippen molar-refractivity contribution in [3.05, 3.63) is 76.4 Å². The first-order valence-electron chi connectivity index (χ1n) is 9.58. The Morgan fingerprint density at radius 2 is 1.66 bits per heavy atom. The second-order valence-electron chi connectivity index (χ2n) is 7.44. The summed E-state index contributed by atoms with van der Waals surface area (Å²) in [5.74, 6) is 0.757. The summed E-state index contributed by atoms with van der Waals surface area (Å²) in [5.41, 5.74) is 4.70. The van der Waals surface area contributed by atoms with Gasteiger partial charge in [0.15, 0.2) is 0 Å². The first-order valence-corrected chi connectivity index (χ1v) is 9.58. The number of hydrogen-bond donors (Lipinski definition) is 3. The smallest absolute Gasteiger partial charge is 0.123 e. The Hall–Kier alpha value is -2.98. The molecular formula is C25H30O4. The zero-order chi connectivity index (χ0) is 21.6. The van der Waals surface area contributed by atoms with E-state index >= 15 is 0 Å². The van der Waals surface area contributed by atoms with Crippen LogP contribution in [0.1, 0.15) is 43.0 Å². The summed E-state index contributed by atoms with van der Waals surface area (Å²) in [6, 6.07) is 8.94. The first kappa shape index (κ1) is 22.3. The van der Waals surface area contributed by atoms with Crippen LogP contribution in [0.3, 0.4) is 0 Å². The Balaban J connectivity index is 2.56. The summed E-state index contributed by atoms with van der Waals surface area (Å²) >= 11 is 0. The number of aliphatic hydroxyl groups is 1. The molecule has 0 aliphatic rings. The summed E-state index contributed by atoms with van der Waals surface area (Å²) in [7, 11) is 1.62. The third kappa shape index (κ3) is 6.00. The molecule has 0 fully saturated rings. The second-order valence-corrected chi connectivity index (χ2v) is 7.44. The van der Waals surface area contributed by atoms with Crippen LogP contribution < -0.4 is 4.74 Å². The van der Waals surface area contributed by atoms with Crippen molar-refractivity contribution in [1.29, 1.82) is 0 Å². The van der Waals surface area contributed by atoms with Crippen molar-refractivity contribution in [1.82, 2.24) is 0 Å². The Bertz CT molecular complexity index is 917. The van der Waals surface area contributed by atoms with Gasteiger partial charge in [0.1, 0.15) is 17.2 Å². The van der Waals surface area contributed by atoms with Gasteiger partial charge in [-0.25, -0.2) is 0 Å². The molecule has 0 saturated heterocycles. The van der Waals surface area contributed by atoms with E-state index in [1.807, 2.05) is 56.3 Å². The summed E-state index contributed by atoms with van der Waals surface area (Å²) < 4.78 is 5.19. The van der Waals surface area contributed by atoms with Crippen molar-refractivity contribution in [2.24, 2.45) is 0 Å². The van der Waals surface area contributed by atoms with Crippen molar-refractivity contribution in [2.45, 2.75) is 39.7 Å². The largest absolute Gasteiger partial charge is 0.508 e. The molecule has 0 saturated carbocycles. The van der Waals surface area contributed by atoms with E-state index in [0.717, 1.165) is 16.9 Å². The Labute approximate surface area is 173 Å². The van der Waals surface area contributed by atoms with Gasteiger partial charge in [0.05, 0.1) is 13.2 Å². The zero-order valence-corrected chi connectivity index (χ0v) is 17.6. The lowest BCUT2D eigenvalue weighted by Crippen LogP contribution is -2.13. The summed E-state index contributed by atoms with van der Waals surface area (Å²) in [6.07, 6.45) is 5.76. The lowest BCUT2D eigenvalue weighted by Gasteiger charge is -2.18. The van der Waals surface area contributed by atoms with Crippen LogP contribution in [0.5, 0.6) is 17.2 Å². The van der Waals surface area contributed by atoms with Crippen LogP contribution in [-0.2, 0) is 12.8 Å². The number of methoxy groups -OCH3 is 1. The molecular weight excluding hydrogens is 364 g/mol. The number of phenols is 2. The molecule has 0 bridgehead atoms. The van der Waals surface area contributed by atoms with Crippen LogP contribution in [0.2, 0.25) is 0 Å². The lowest BCUT2D eigenvalue weighted by atomic mass is 9.91. The molecule has 2 aromatic rings. The predicted octanol–water partition coefficient (Wildman–Crippen LogP) is 5.27. The lowest BCUT2D eigenvalue weighted by molar-refractivity contribution is 0.210. The molecule has 4 heteroatoms. The summed E-state index contributed by atoms with van der Waals surface area (Å²) in [6.45, 7) is 9.54. The average molecular weight is 395 g/mol. The highest BCUT2D eigenvalue weighted by molar-refractivity contribution is 5.76. The SMILES string of the molecule is C=C(C)C(O)Cc1c(O)cc(O)c(CC=C(C)C)c1/C=C/c1ccc(OC)cc1. The minimum absolute atomic E-state index is 0.0305. The van der Waals surface area contributed by atoms with Gasteiger partial charge in [0.2, 0.25) is 0 Å². The van der Waals surface area contributed by atoms with Gasteiger partial charge in [-0.2, -0.15) is 0 Å². The van der Waals surface area contributed by atoms with E-state index in [0.29, 0.717) is 28.7 Å².